The van der Waals surface area contributed by atoms with E-state index in [1.54, 1.807) is 0 Å². The molecule has 1 nitrogen and oxygen atoms in total. The maximum Gasteiger partial charge on any atom is 0.0580 e. The summed E-state index contributed by atoms with van der Waals surface area (Å²) in [6, 6.07) is 22.1. The van der Waals surface area contributed by atoms with Gasteiger partial charge in [-0.25, -0.2) is 0 Å². The molecular formula is C20H21N. The minimum absolute atomic E-state index is 0.218. The zero-order valence-electron chi connectivity index (χ0n) is 12.9. The molecule has 1 N–H and O–H groups in total. The van der Waals surface area contributed by atoms with E-state index in [9.17, 15) is 0 Å². The molecule has 0 saturated heterocycles. The van der Waals surface area contributed by atoms with Crippen LogP contribution in [0, 0.1) is 13.8 Å². The predicted molar refractivity (Wildman–Crippen MR) is 90.8 cm³/mol. The highest BCUT2D eigenvalue weighted by atomic mass is 14.9. The molecule has 0 amide bonds. The molecule has 0 spiro atoms. The first kappa shape index (κ1) is 13.8. The average Bonchev–Trinajstić information content (AvgIpc) is 2.52. The van der Waals surface area contributed by atoms with Gasteiger partial charge in [0.2, 0.25) is 0 Å². The van der Waals surface area contributed by atoms with Gasteiger partial charge < -0.3 is 5.32 Å². The van der Waals surface area contributed by atoms with Crippen molar-refractivity contribution in [2.24, 2.45) is 0 Å². The van der Waals surface area contributed by atoms with Crippen molar-refractivity contribution in [2.45, 2.75) is 19.9 Å². The lowest BCUT2D eigenvalue weighted by Crippen LogP contribution is -2.18. The first-order valence-corrected chi connectivity index (χ1v) is 7.43. The molecule has 0 fully saturated rings. The van der Waals surface area contributed by atoms with Gasteiger partial charge in [-0.05, 0) is 53.9 Å². The van der Waals surface area contributed by atoms with Crippen molar-refractivity contribution in [1.29, 1.82) is 0 Å². The maximum atomic E-state index is 3.47. The van der Waals surface area contributed by atoms with Crippen molar-refractivity contribution < 1.29 is 0 Å². The number of fused-ring (bicyclic) bond motifs is 1. The number of nitrogens with one attached hydrogen (secondary N) is 1. The normalized spacial score (nSPS) is 12.5. The van der Waals surface area contributed by atoms with Crippen molar-refractivity contribution in [2.75, 3.05) is 7.05 Å². The molecule has 3 aromatic rings. The number of hydrogen-bond donors (Lipinski definition) is 1. The number of hydrogen-bond acceptors (Lipinski definition) is 1. The van der Waals surface area contributed by atoms with Gasteiger partial charge in [0.1, 0.15) is 0 Å². The summed E-state index contributed by atoms with van der Waals surface area (Å²) in [6.07, 6.45) is 0. The molecule has 0 aliphatic rings. The molecule has 0 aromatic heterocycles. The van der Waals surface area contributed by atoms with E-state index in [2.05, 4.69) is 79.8 Å². The van der Waals surface area contributed by atoms with Crippen molar-refractivity contribution in [3.8, 4) is 0 Å². The highest BCUT2D eigenvalue weighted by molar-refractivity contribution is 5.86. The lowest BCUT2D eigenvalue weighted by Gasteiger charge is -2.20. The molecule has 0 aliphatic heterocycles. The molecule has 0 aliphatic carbocycles. The third-order valence-electron chi connectivity index (χ3n) is 4.29. The molecule has 1 atom stereocenters. The van der Waals surface area contributed by atoms with E-state index in [4.69, 9.17) is 0 Å². The standard InChI is InChI=1S/C20H21N/c1-14-11-12-17(13-15(14)2)20(21-3)19-10-6-8-16-7-4-5-9-18(16)19/h4-13,20-21H,1-3H3. The van der Waals surface area contributed by atoms with Crippen LogP contribution in [0.25, 0.3) is 10.8 Å². The second-order valence-corrected chi connectivity index (χ2v) is 5.63. The summed E-state index contributed by atoms with van der Waals surface area (Å²) in [5.74, 6) is 0. The largest absolute Gasteiger partial charge is 0.309 e. The fraction of sp³-hybridized carbons (Fsp3) is 0.200. The topological polar surface area (TPSA) is 12.0 Å². The van der Waals surface area contributed by atoms with Gasteiger partial charge in [-0.3, -0.25) is 0 Å². The fourth-order valence-electron chi connectivity index (χ4n) is 2.95. The van der Waals surface area contributed by atoms with Crippen molar-refractivity contribution in [3.05, 3.63) is 82.9 Å². The maximum absolute atomic E-state index is 3.47. The fourth-order valence-corrected chi connectivity index (χ4v) is 2.95. The van der Waals surface area contributed by atoms with Gasteiger partial charge in [-0.15, -0.1) is 0 Å². The highest BCUT2D eigenvalue weighted by Gasteiger charge is 2.14. The third-order valence-corrected chi connectivity index (χ3v) is 4.29. The average molecular weight is 275 g/mol. The van der Waals surface area contributed by atoms with E-state index in [1.807, 2.05) is 7.05 Å². The van der Waals surface area contributed by atoms with Crippen LogP contribution in [0.1, 0.15) is 28.3 Å². The van der Waals surface area contributed by atoms with Gasteiger partial charge in [0, 0.05) is 0 Å². The Morgan fingerprint density at radius 2 is 1.57 bits per heavy atom. The number of aryl methyl sites for hydroxylation is 2. The second kappa shape index (κ2) is 5.71. The molecule has 1 heteroatoms. The summed E-state index contributed by atoms with van der Waals surface area (Å²) < 4.78 is 0. The van der Waals surface area contributed by atoms with E-state index in [-0.39, 0.29) is 6.04 Å². The Balaban J connectivity index is 2.16. The third kappa shape index (κ3) is 2.57. The monoisotopic (exact) mass is 275 g/mol. The Morgan fingerprint density at radius 3 is 2.33 bits per heavy atom. The first-order valence-electron chi connectivity index (χ1n) is 7.43. The van der Waals surface area contributed by atoms with Crippen LogP contribution in [0.3, 0.4) is 0 Å². The van der Waals surface area contributed by atoms with Crippen molar-refractivity contribution in [1.82, 2.24) is 5.32 Å². The summed E-state index contributed by atoms with van der Waals surface area (Å²) in [4.78, 5) is 0. The van der Waals surface area contributed by atoms with E-state index in [0.29, 0.717) is 0 Å². The molecule has 3 aromatic carbocycles. The smallest absolute Gasteiger partial charge is 0.0580 e. The number of benzene rings is 3. The van der Waals surface area contributed by atoms with Crippen molar-refractivity contribution in [3.63, 3.8) is 0 Å². The molecule has 106 valence electrons. The Kier molecular flexibility index (Phi) is 3.76. The molecule has 0 radical (unpaired) electrons. The zero-order chi connectivity index (χ0) is 14.8. The van der Waals surface area contributed by atoms with Gasteiger partial charge >= 0.3 is 0 Å². The van der Waals surface area contributed by atoms with Gasteiger partial charge in [-0.1, -0.05) is 60.7 Å². The SMILES string of the molecule is CNC(c1ccc(C)c(C)c1)c1cccc2ccccc12. The van der Waals surface area contributed by atoms with Crippen LogP contribution in [-0.4, -0.2) is 7.05 Å². The molecule has 0 bridgehead atoms. The van der Waals surface area contributed by atoms with Gasteiger partial charge in [0.25, 0.3) is 0 Å². The number of rotatable bonds is 3. The molecule has 1 unspecified atom stereocenters. The molecular weight excluding hydrogens is 254 g/mol. The van der Waals surface area contributed by atoms with Crippen LogP contribution in [0.15, 0.2) is 60.7 Å². The molecule has 0 saturated carbocycles. The van der Waals surface area contributed by atoms with E-state index in [1.165, 1.54) is 33.0 Å². The minimum atomic E-state index is 0.218. The zero-order valence-corrected chi connectivity index (χ0v) is 12.9. The van der Waals surface area contributed by atoms with Crippen molar-refractivity contribution >= 4 is 10.8 Å². The van der Waals surface area contributed by atoms with Crippen LogP contribution in [0.2, 0.25) is 0 Å². The van der Waals surface area contributed by atoms with Gasteiger partial charge in [-0.2, -0.15) is 0 Å². The summed E-state index contributed by atoms with van der Waals surface area (Å²) in [6.45, 7) is 4.33. The van der Waals surface area contributed by atoms with Crippen LogP contribution >= 0.6 is 0 Å². The Bertz CT molecular complexity index is 768. The summed E-state index contributed by atoms with van der Waals surface area (Å²) >= 11 is 0. The Labute approximate surface area is 126 Å². The molecule has 0 heterocycles. The minimum Gasteiger partial charge on any atom is -0.309 e. The lowest BCUT2D eigenvalue weighted by molar-refractivity contribution is 0.696. The second-order valence-electron chi connectivity index (χ2n) is 5.63. The van der Waals surface area contributed by atoms with E-state index in [0.717, 1.165) is 0 Å². The van der Waals surface area contributed by atoms with Gasteiger partial charge in [0.05, 0.1) is 6.04 Å². The quantitative estimate of drug-likeness (QED) is 0.726. The van der Waals surface area contributed by atoms with Gasteiger partial charge in [0.15, 0.2) is 0 Å². The first-order chi connectivity index (χ1) is 10.2. The predicted octanol–water partition coefficient (Wildman–Crippen LogP) is 4.77. The molecule has 21 heavy (non-hydrogen) atoms. The lowest BCUT2D eigenvalue weighted by atomic mass is 9.92. The Hall–Kier alpha value is -2.12. The Morgan fingerprint density at radius 1 is 0.810 bits per heavy atom. The molecule has 3 rings (SSSR count). The van der Waals surface area contributed by atoms with Crippen LogP contribution in [0.4, 0.5) is 0 Å². The highest BCUT2D eigenvalue weighted by Crippen LogP contribution is 2.29. The van der Waals surface area contributed by atoms with Crippen LogP contribution in [0.5, 0.6) is 0 Å². The summed E-state index contributed by atoms with van der Waals surface area (Å²) in [5, 5.41) is 6.08. The summed E-state index contributed by atoms with van der Waals surface area (Å²) in [5.41, 5.74) is 5.33. The van der Waals surface area contributed by atoms with Crippen LogP contribution in [-0.2, 0) is 0 Å². The van der Waals surface area contributed by atoms with E-state index < -0.39 is 0 Å². The van der Waals surface area contributed by atoms with E-state index >= 15 is 0 Å². The van der Waals surface area contributed by atoms with Crippen LogP contribution < -0.4 is 5.32 Å². The summed E-state index contributed by atoms with van der Waals surface area (Å²) in [7, 11) is 2.03.